The summed E-state index contributed by atoms with van der Waals surface area (Å²) >= 11 is 0. The highest BCUT2D eigenvalue weighted by molar-refractivity contribution is 5.97. The van der Waals surface area contributed by atoms with Gasteiger partial charge in [-0.05, 0) is 37.6 Å². The first-order chi connectivity index (χ1) is 12.2. The molecule has 3 rings (SSSR count). The molecule has 0 aliphatic carbocycles. The van der Waals surface area contributed by atoms with Gasteiger partial charge in [0.05, 0.1) is 22.7 Å². The van der Waals surface area contributed by atoms with E-state index in [-0.39, 0.29) is 11.7 Å². The van der Waals surface area contributed by atoms with Crippen LogP contribution < -0.4 is 10.1 Å². The zero-order chi connectivity index (χ0) is 18.9. The number of ether oxygens (including phenoxy) is 1. The van der Waals surface area contributed by atoms with Crippen LogP contribution in [0.4, 0.5) is 13.2 Å². The lowest BCUT2D eigenvalue weighted by Crippen LogP contribution is -2.26. The van der Waals surface area contributed by atoms with Gasteiger partial charge in [-0.2, -0.15) is 0 Å². The number of aromatic nitrogens is 2. The summed E-state index contributed by atoms with van der Waals surface area (Å²) in [7, 11) is 0. The van der Waals surface area contributed by atoms with Gasteiger partial charge in [0.2, 0.25) is 0 Å². The molecule has 0 fully saturated rings. The fourth-order valence-electron chi connectivity index (χ4n) is 2.39. The summed E-state index contributed by atoms with van der Waals surface area (Å²) in [5.74, 6) is -0.694. The highest BCUT2D eigenvalue weighted by Gasteiger charge is 2.31. The maximum atomic E-state index is 12.4. The number of aryl methyl sites for hydroxylation is 1. The number of rotatable bonds is 4. The summed E-state index contributed by atoms with van der Waals surface area (Å²) in [5.41, 5.74) is 1.92. The van der Waals surface area contributed by atoms with Crippen LogP contribution in [0.5, 0.6) is 5.75 Å². The maximum absolute atomic E-state index is 12.4. The number of alkyl halides is 3. The molecule has 6 nitrogen and oxygen atoms in total. The zero-order valence-corrected chi connectivity index (χ0v) is 13.8. The Balaban J connectivity index is 1.70. The summed E-state index contributed by atoms with van der Waals surface area (Å²) in [5, 5.41) is 7.18. The molecule has 0 aliphatic rings. The van der Waals surface area contributed by atoms with Gasteiger partial charge < -0.3 is 14.6 Å². The molecule has 2 aromatic heterocycles. The lowest BCUT2D eigenvalue weighted by Gasteiger charge is -2.15. The smallest absolute Gasteiger partial charge is 0.406 e. The number of amides is 1. The monoisotopic (exact) mass is 365 g/mol. The van der Waals surface area contributed by atoms with Crippen LogP contribution in [0.3, 0.4) is 0 Å². The summed E-state index contributed by atoms with van der Waals surface area (Å²) in [6.45, 7) is 3.45. The van der Waals surface area contributed by atoms with Gasteiger partial charge in [0, 0.05) is 6.20 Å². The van der Waals surface area contributed by atoms with E-state index in [9.17, 15) is 18.0 Å². The van der Waals surface area contributed by atoms with Gasteiger partial charge in [-0.15, -0.1) is 13.2 Å². The molecule has 0 aliphatic heterocycles. The molecule has 1 atom stereocenters. The molecule has 136 valence electrons. The first-order valence-corrected chi connectivity index (χ1v) is 7.61. The van der Waals surface area contributed by atoms with Crippen LogP contribution in [0.25, 0.3) is 11.1 Å². The number of fused-ring (bicyclic) bond motifs is 1. The number of halogens is 3. The molecule has 9 heteroatoms. The van der Waals surface area contributed by atoms with E-state index in [2.05, 4.69) is 20.2 Å². The van der Waals surface area contributed by atoms with Gasteiger partial charge in [0.15, 0.2) is 0 Å². The van der Waals surface area contributed by atoms with Crippen LogP contribution in [-0.4, -0.2) is 22.4 Å². The van der Waals surface area contributed by atoms with E-state index in [1.807, 2.05) is 0 Å². The molecule has 1 unspecified atom stereocenters. The lowest BCUT2D eigenvalue weighted by molar-refractivity contribution is -0.274. The quantitative estimate of drug-likeness (QED) is 0.758. The van der Waals surface area contributed by atoms with E-state index in [0.717, 1.165) is 0 Å². The van der Waals surface area contributed by atoms with E-state index in [1.54, 1.807) is 19.9 Å². The van der Waals surface area contributed by atoms with E-state index in [4.69, 9.17) is 4.52 Å². The fourth-order valence-corrected chi connectivity index (χ4v) is 2.39. The summed E-state index contributed by atoms with van der Waals surface area (Å²) in [4.78, 5) is 16.4. The standard InChI is InChI=1S/C17H14F3N3O3/c1-9(11-3-5-13(6-4-11)25-17(18,19)20)22-15(24)12-7-14-10(2)23-26-16(14)21-8-12/h3-9H,1-2H3,(H,22,24). The minimum atomic E-state index is -4.74. The van der Waals surface area contributed by atoms with Gasteiger partial charge in [-0.3, -0.25) is 4.79 Å². The molecule has 26 heavy (non-hydrogen) atoms. The molecule has 3 aromatic rings. The van der Waals surface area contributed by atoms with Crippen LogP contribution in [0, 0.1) is 6.92 Å². The van der Waals surface area contributed by atoms with Crippen molar-refractivity contribution in [1.29, 1.82) is 0 Å². The molecule has 1 amide bonds. The van der Waals surface area contributed by atoms with Crippen molar-refractivity contribution in [3.05, 3.63) is 53.3 Å². The van der Waals surface area contributed by atoms with Gasteiger partial charge in [-0.25, -0.2) is 4.98 Å². The summed E-state index contributed by atoms with van der Waals surface area (Å²) < 4.78 is 45.4. The highest BCUT2D eigenvalue weighted by Crippen LogP contribution is 2.24. The van der Waals surface area contributed by atoms with Gasteiger partial charge >= 0.3 is 6.36 Å². The largest absolute Gasteiger partial charge is 0.573 e. The minimum Gasteiger partial charge on any atom is -0.406 e. The van der Waals surface area contributed by atoms with Crippen molar-refractivity contribution in [3.63, 3.8) is 0 Å². The highest BCUT2D eigenvalue weighted by atomic mass is 19.4. The second-order valence-electron chi connectivity index (χ2n) is 5.66. The van der Waals surface area contributed by atoms with Crippen molar-refractivity contribution in [2.45, 2.75) is 26.3 Å². The van der Waals surface area contributed by atoms with E-state index >= 15 is 0 Å². The topological polar surface area (TPSA) is 77.2 Å². The lowest BCUT2D eigenvalue weighted by atomic mass is 10.1. The van der Waals surface area contributed by atoms with Crippen LogP contribution in [-0.2, 0) is 0 Å². The van der Waals surface area contributed by atoms with Crippen molar-refractivity contribution in [2.75, 3.05) is 0 Å². The van der Waals surface area contributed by atoms with Crippen molar-refractivity contribution < 1.29 is 27.2 Å². The predicted octanol–water partition coefficient (Wildman–Crippen LogP) is 3.92. The molecule has 1 aromatic carbocycles. The van der Waals surface area contributed by atoms with E-state index in [1.165, 1.54) is 30.5 Å². The van der Waals surface area contributed by atoms with Gasteiger partial charge in [0.25, 0.3) is 11.6 Å². The number of carbonyl (C=O) groups excluding carboxylic acids is 1. The van der Waals surface area contributed by atoms with Gasteiger partial charge in [-0.1, -0.05) is 17.3 Å². The molecule has 0 spiro atoms. The van der Waals surface area contributed by atoms with E-state index in [0.29, 0.717) is 27.9 Å². The molecule has 2 heterocycles. The molecular formula is C17H14F3N3O3. The number of carbonyl (C=O) groups is 1. The summed E-state index contributed by atoms with van der Waals surface area (Å²) in [6, 6.07) is 6.49. The molecule has 0 bridgehead atoms. The second-order valence-corrected chi connectivity index (χ2v) is 5.66. The third-order valence-electron chi connectivity index (χ3n) is 3.73. The molecule has 1 N–H and O–H groups in total. The molecule has 0 radical (unpaired) electrons. The Bertz CT molecular complexity index is 936. The molecule has 0 saturated heterocycles. The van der Waals surface area contributed by atoms with Crippen molar-refractivity contribution >= 4 is 17.0 Å². The maximum Gasteiger partial charge on any atom is 0.573 e. The number of hydrogen-bond donors (Lipinski definition) is 1. The Labute approximate surface area is 146 Å². The van der Waals surface area contributed by atoms with Crippen molar-refractivity contribution in [3.8, 4) is 5.75 Å². The van der Waals surface area contributed by atoms with Crippen molar-refractivity contribution in [2.24, 2.45) is 0 Å². The van der Waals surface area contributed by atoms with Gasteiger partial charge in [0.1, 0.15) is 5.75 Å². The predicted molar refractivity (Wildman–Crippen MR) is 85.5 cm³/mol. The SMILES string of the molecule is Cc1noc2ncc(C(=O)NC(C)c3ccc(OC(F)(F)F)cc3)cc12. The van der Waals surface area contributed by atoms with Crippen LogP contribution in [0.15, 0.2) is 41.1 Å². The van der Waals surface area contributed by atoms with Crippen LogP contribution in [0.1, 0.15) is 34.6 Å². The number of hydrogen-bond acceptors (Lipinski definition) is 5. The van der Waals surface area contributed by atoms with Crippen LogP contribution in [0.2, 0.25) is 0 Å². The van der Waals surface area contributed by atoms with Crippen LogP contribution >= 0.6 is 0 Å². The zero-order valence-electron chi connectivity index (χ0n) is 13.8. The number of nitrogens with one attached hydrogen (secondary N) is 1. The Morgan fingerprint density at radius 3 is 2.62 bits per heavy atom. The average Bonchev–Trinajstić information content (AvgIpc) is 2.94. The number of pyridine rings is 1. The fraction of sp³-hybridized carbons (Fsp3) is 0.235. The molecular weight excluding hydrogens is 351 g/mol. The Hall–Kier alpha value is -3.10. The summed E-state index contributed by atoms with van der Waals surface area (Å²) in [6.07, 6.45) is -3.37. The Kier molecular flexibility index (Phi) is 4.54. The van der Waals surface area contributed by atoms with E-state index < -0.39 is 12.4 Å². The first-order valence-electron chi connectivity index (χ1n) is 7.61. The van der Waals surface area contributed by atoms with Crippen molar-refractivity contribution in [1.82, 2.24) is 15.5 Å². The minimum absolute atomic E-state index is 0.322. The number of nitrogens with zero attached hydrogens (tertiary/aromatic N) is 2. The third kappa shape index (κ3) is 3.93. The molecule has 0 saturated carbocycles. The second kappa shape index (κ2) is 6.66. The number of benzene rings is 1. The average molecular weight is 365 g/mol. The normalized spacial score (nSPS) is 12.8. The first kappa shape index (κ1) is 17.7. The Morgan fingerprint density at radius 2 is 1.96 bits per heavy atom. The third-order valence-corrected chi connectivity index (χ3v) is 3.73. The Morgan fingerprint density at radius 1 is 1.27 bits per heavy atom.